The van der Waals surface area contributed by atoms with Gasteiger partial charge in [0.25, 0.3) is 0 Å². The van der Waals surface area contributed by atoms with Gasteiger partial charge in [-0.3, -0.25) is 4.79 Å². The van der Waals surface area contributed by atoms with E-state index in [1.54, 1.807) is 0 Å². The molecule has 1 amide bonds. The first-order chi connectivity index (χ1) is 13.5. The molecule has 0 radical (unpaired) electrons. The van der Waals surface area contributed by atoms with E-state index in [0.717, 1.165) is 24.3 Å². The van der Waals surface area contributed by atoms with Crippen LogP contribution in [0.3, 0.4) is 0 Å². The van der Waals surface area contributed by atoms with Gasteiger partial charge in [-0.15, -0.1) is 0 Å². The third kappa shape index (κ3) is 4.22. The monoisotopic (exact) mass is 409 g/mol. The lowest BCUT2D eigenvalue weighted by atomic mass is 9.86. The van der Waals surface area contributed by atoms with Crippen molar-refractivity contribution in [2.24, 2.45) is 11.1 Å². The molecule has 2 atom stereocenters. The van der Waals surface area contributed by atoms with Gasteiger partial charge in [0.05, 0.1) is 17.8 Å². The highest BCUT2D eigenvalue weighted by Crippen LogP contribution is 2.40. The van der Waals surface area contributed by atoms with Gasteiger partial charge < -0.3 is 16.0 Å². The molecule has 4 nitrogen and oxygen atoms in total. The van der Waals surface area contributed by atoms with E-state index in [4.69, 9.17) is 5.73 Å². The van der Waals surface area contributed by atoms with E-state index in [1.165, 1.54) is 11.0 Å². The van der Waals surface area contributed by atoms with Crippen LogP contribution in [-0.4, -0.2) is 18.5 Å². The van der Waals surface area contributed by atoms with Crippen molar-refractivity contribution >= 4 is 17.3 Å². The predicted molar refractivity (Wildman–Crippen MR) is 103 cm³/mol. The molecule has 1 aliphatic rings. The van der Waals surface area contributed by atoms with Crippen LogP contribution in [0.1, 0.15) is 38.8 Å². The molecule has 0 bridgehead atoms. The van der Waals surface area contributed by atoms with Gasteiger partial charge in [-0.1, -0.05) is 20.8 Å². The third-order valence-electron chi connectivity index (χ3n) is 5.11. The molecule has 1 unspecified atom stereocenters. The van der Waals surface area contributed by atoms with Crippen LogP contribution in [0, 0.1) is 28.7 Å². The van der Waals surface area contributed by atoms with E-state index < -0.39 is 46.7 Å². The molecule has 0 aliphatic carbocycles. The zero-order valence-corrected chi connectivity index (χ0v) is 16.4. The molecule has 0 saturated heterocycles. The zero-order chi connectivity index (χ0) is 21.5. The van der Waals surface area contributed by atoms with Crippen molar-refractivity contribution in [1.82, 2.24) is 5.32 Å². The van der Waals surface area contributed by atoms with E-state index in [0.29, 0.717) is 12.0 Å². The summed E-state index contributed by atoms with van der Waals surface area (Å²) in [5, 5.41) is 2.79. The summed E-state index contributed by atoms with van der Waals surface area (Å²) in [6.45, 7) is 5.66. The second kappa shape index (κ2) is 7.67. The molecule has 0 fully saturated rings. The van der Waals surface area contributed by atoms with Gasteiger partial charge in [-0.25, -0.2) is 17.6 Å². The van der Waals surface area contributed by atoms with Crippen LogP contribution in [0.25, 0.3) is 0 Å². The molecule has 3 rings (SSSR count). The Morgan fingerprint density at radius 1 is 1.07 bits per heavy atom. The second-order valence-electron chi connectivity index (χ2n) is 8.27. The number of halogens is 4. The molecule has 0 spiro atoms. The van der Waals surface area contributed by atoms with Crippen molar-refractivity contribution in [3.8, 4) is 0 Å². The van der Waals surface area contributed by atoms with Crippen molar-refractivity contribution in [2.45, 2.75) is 39.3 Å². The maximum absolute atomic E-state index is 14.3. The minimum atomic E-state index is -1.10. The summed E-state index contributed by atoms with van der Waals surface area (Å²) in [7, 11) is 0. The first kappa shape index (κ1) is 21.1. The summed E-state index contributed by atoms with van der Waals surface area (Å²) in [4.78, 5) is 14.0. The Hall–Kier alpha value is -2.61. The Morgan fingerprint density at radius 2 is 1.72 bits per heavy atom. The number of hydrogen-bond acceptors (Lipinski definition) is 3. The highest BCUT2D eigenvalue weighted by molar-refractivity contribution is 5.83. The van der Waals surface area contributed by atoms with Gasteiger partial charge in [0.1, 0.15) is 11.6 Å². The number of nitrogens with two attached hydrogens (primary N) is 1. The number of anilines is 2. The second-order valence-corrected chi connectivity index (χ2v) is 8.27. The third-order valence-corrected chi connectivity index (χ3v) is 5.11. The van der Waals surface area contributed by atoms with E-state index in [-0.39, 0.29) is 17.9 Å². The quantitative estimate of drug-likeness (QED) is 0.743. The van der Waals surface area contributed by atoms with Crippen molar-refractivity contribution in [3.05, 3.63) is 59.2 Å². The average molecular weight is 409 g/mol. The number of rotatable bonds is 3. The van der Waals surface area contributed by atoms with E-state index in [1.807, 2.05) is 20.8 Å². The van der Waals surface area contributed by atoms with E-state index in [2.05, 4.69) is 5.32 Å². The van der Waals surface area contributed by atoms with Crippen LogP contribution in [0.15, 0.2) is 30.3 Å². The van der Waals surface area contributed by atoms with Crippen molar-refractivity contribution < 1.29 is 22.4 Å². The standard InChI is InChI=1S/C21H23F4N3O/c1-21(2,3)19(26)20(29)27-16-6-7-28(17-5-4-11(22)8-15(17)25)18-10-14(24)13(23)9-12(16)18/h4-5,8-10,16,19H,6-7,26H2,1-3H3,(H,27,29)/t16?,19-/m1/s1. The fourth-order valence-electron chi connectivity index (χ4n) is 3.35. The SMILES string of the molecule is CC(C)(C)[C@H](N)C(=O)NC1CCN(c2ccc(F)cc2F)c2cc(F)c(F)cc21. The first-order valence-corrected chi connectivity index (χ1v) is 9.26. The highest BCUT2D eigenvalue weighted by Gasteiger charge is 2.33. The summed E-state index contributed by atoms with van der Waals surface area (Å²) in [5.74, 6) is -4.16. The van der Waals surface area contributed by atoms with Crippen LogP contribution in [-0.2, 0) is 4.79 Å². The Kier molecular flexibility index (Phi) is 5.58. The largest absolute Gasteiger partial charge is 0.348 e. The summed E-state index contributed by atoms with van der Waals surface area (Å²) in [5.41, 5.74) is 6.05. The summed E-state index contributed by atoms with van der Waals surface area (Å²) < 4.78 is 55.5. The summed E-state index contributed by atoms with van der Waals surface area (Å²) in [6, 6.07) is 3.58. The minimum absolute atomic E-state index is 0.0369. The first-order valence-electron chi connectivity index (χ1n) is 9.26. The Bertz CT molecular complexity index is 942. The van der Waals surface area contributed by atoms with Crippen LogP contribution >= 0.6 is 0 Å². The lowest BCUT2D eigenvalue weighted by molar-refractivity contribution is -0.125. The Labute approximate surface area is 166 Å². The van der Waals surface area contributed by atoms with Gasteiger partial charge in [0, 0.05) is 29.9 Å². The van der Waals surface area contributed by atoms with Gasteiger partial charge in [-0.05, 0) is 30.0 Å². The molecular weight excluding hydrogens is 386 g/mol. The van der Waals surface area contributed by atoms with Crippen LogP contribution < -0.4 is 16.0 Å². The number of carbonyl (C=O) groups excluding carboxylic acids is 1. The molecule has 2 aromatic rings. The normalized spacial score (nSPS) is 17.7. The molecule has 1 aliphatic heterocycles. The molecule has 8 heteroatoms. The topological polar surface area (TPSA) is 58.4 Å². The molecule has 1 heterocycles. The highest BCUT2D eigenvalue weighted by atomic mass is 19.2. The molecule has 0 aromatic heterocycles. The number of carbonyl (C=O) groups is 1. The van der Waals surface area contributed by atoms with Gasteiger partial charge in [0.15, 0.2) is 11.6 Å². The predicted octanol–water partition coefficient (Wildman–Crippen LogP) is 4.32. The van der Waals surface area contributed by atoms with Crippen LogP contribution in [0.4, 0.5) is 28.9 Å². The van der Waals surface area contributed by atoms with Crippen LogP contribution in [0.2, 0.25) is 0 Å². The number of nitrogens with zero attached hydrogens (tertiary/aromatic N) is 1. The Balaban J connectivity index is 1.99. The van der Waals surface area contributed by atoms with Gasteiger partial charge in [-0.2, -0.15) is 0 Å². The Morgan fingerprint density at radius 3 is 2.34 bits per heavy atom. The van der Waals surface area contributed by atoms with Crippen LogP contribution in [0.5, 0.6) is 0 Å². The molecule has 29 heavy (non-hydrogen) atoms. The average Bonchev–Trinajstić information content (AvgIpc) is 2.62. The maximum Gasteiger partial charge on any atom is 0.237 e. The summed E-state index contributed by atoms with van der Waals surface area (Å²) in [6.07, 6.45) is 0.303. The maximum atomic E-state index is 14.3. The number of nitrogens with one attached hydrogen (secondary N) is 1. The molecular formula is C21H23F4N3O. The lowest BCUT2D eigenvalue weighted by Gasteiger charge is -2.37. The van der Waals surface area contributed by atoms with Crippen molar-refractivity contribution in [3.63, 3.8) is 0 Å². The van der Waals surface area contributed by atoms with Gasteiger partial charge in [0.2, 0.25) is 5.91 Å². The smallest absolute Gasteiger partial charge is 0.237 e. The number of benzene rings is 2. The fraction of sp³-hybridized carbons (Fsp3) is 0.381. The molecule has 2 aromatic carbocycles. The lowest BCUT2D eigenvalue weighted by Crippen LogP contribution is -2.50. The minimum Gasteiger partial charge on any atom is -0.348 e. The molecule has 0 saturated carbocycles. The number of fused-ring (bicyclic) bond motifs is 1. The zero-order valence-electron chi connectivity index (χ0n) is 16.4. The molecule has 156 valence electrons. The molecule has 3 N–H and O–H groups in total. The summed E-state index contributed by atoms with van der Waals surface area (Å²) >= 11 is 0. The van der Waals surface area contributed by atoms with Crippen molar-refractivity contribution in [1.29, 1.82) is 0 Å². The van der Waals surface area contributed by atoms with Crippen molar-refractivity contribution in [2.75, 3.05) is 11.4 Å². The van der Waals surface area contributed by atoms with E-state index >= 15 is 0 Å². The number of hydrogen-bond donors (Lipinski definition) is 2. The van der Waals surface area contributed by atoms with Gasteiger partial charge >= 0.3 is 0 Å². The number of amides is 1. The fourth-order valence-corrected chi connectivity index (χ4v) is 3.35. The van der Waals surface area contributed by atoms with E-state index in [9.17, 15) is 22.4 Å².